The summed E-state index contributed by atoms with van der Waals surface area (Å²) in [4.78, 5) is 14.0. The van der Waals surface area contributed by atoms with E-state index in [-0.39, 0.29) is 11.9 Å². The summed E-state index contributed by atoms with van der Waals surface area (Å²) in [5.74, 6) is 2.27. The summed E-state index contributed by atoms with van der Waals surface area (Å²) in [6.45, 7) is 2.06. The second-order valence-corrected chi connectivity index (χ2v) is 8.07. The van der Waals surface area contributed by atoms with Crippen molar-refractivity contribution < 1.29 is 9.13 Å². The van der Waals surface area contributed by atoms with E-state index in [1.54, 1.807) is 25.4 Å². The zero-order chi connectivity index (χ0) is 24.2. The molecule has 0 spiro atoms. The van der Waals surface area contributed by atoms with Gasteiger partial charge >= 0.3 is 0 Å². The fourth-order valence-electron chi connectivity index (χ4n) is 3.83. The molecular formula is C28H24FN5O. The number of hydrogen-bond donors (Lipinski definition) is 1. The minimum atomic E-state index is -0.300. The molecule has 2 heterocycles. The summed E-state index contributed by atoms with van der Waals surface area (Å²) in [5, 5.41) is 3.37. The van der Waals surface area contributed by atoms with E-state index in [1.165, 1.54) is 12.1 Å². The average molecular weight is 466 g/mol. The summed E-state index contributed by atoms with van der Waals surface area (Å²) < 4.78 is 20.8. The normalized spacial score (nSPS) is 11.7. The summed E-state index contributed by atoms with van der Waals surface area (Å²) >= 11 is 0. The van der Waals surface area contributed by atoms with E-state index in [2.05, 4.69) is 29.4 Å². The number of benzene rings is 3. The van der Waals surface area contributed by atoms with Gasteiger partial charge in [-0.05, 0) is 67.1 Å². The first-order chi connectivity index (χ1) is 17.1. The van der Waals surface area contributed by atoms with Crippen LogP contribution < -0.4 is 10.1 Å². The van der Waals surface area contributed by atoms with Gasteiger partial charge in [-0.2, -0.15) is 4.98 Å². The number of rotatable bonds is 7. The molecular weight excluding hydrogens is 441 g/mol. The Hall–Kier alpha value is -4.52. The number of hydrogen-bond acceptors (Lipinski definition) is 5. The highest BCUT2D eigenvalue weighted by atomic mass is 19.1. The number of ether oxygens (including phenoxy) is 1. The molecule has 7 heteroatoms. The third kappa shape index (κ3) is 4.89. The number of nitrogens with zero attached hydrogens (tertiary/aromatic N) is 4. The van der Waals surface area contributed by atoms with Crippen LogP contribution in [0.15, 0.2) is 97.3 Å². The predicted octanol–water partition coefficient (Wildman–Crippen LogP) is 6.32. The van der Waals surface area contributed by atoms with E-state index in [0.29, 0.717) is 17.6 Å². The molecule has 0 saturated heterocycles. The molecule has 0 amide bonds. The van der Waals surface area contributed by atoms with Crippen molar-refractivity contribution in [2.75, 3.05) is 12.4 Å². The highest BCUT2D eigenvalue weighted by Gasteiger charge is 2.16. The van der Waals surface area contributed by atoms with Gasteiger partial charge in [0.1, 0.15) is 23.2 Å². The van der Waals surface area contributed by atoms with Crippen molar-refractivity contribution in [2.45, 2.75) is 13.0 Å². The lowest BCUT2D eigenvalue weighted by molar-refractivity contribution is 0.415. The molecule has 1 atom stereocenters. The van der Waals surface area contributed by atoms with Crippen LogP contribution in [0, 0.1) is 5.82 Å². The Morgan fingerprint density at radius 3 is 2.29 bits per heavy atom. The third-order valence-corrected chi connectivity index (χ3v) is 5.73. The summed E-state index contributed by atoms with van der Waals surface area (Å²) in [6.07, 6.45) is 3.64. The van der Waals surface area contributed by atoms with Crippen LogP contribution in [0.2, 0.25) is 0 Å². The lowest BCUT2D eigenvalue weighted by Gasteiger charge is -2.15. The van der Waals surface area contributed by atoms with Crippen molar-refractivity contribution in [3.63, 3.8) is 0 Å². The van der Waals surface area contributed by atoms with Crippen molar-refractivity contribution in [1.82, 2.24) is 19.5 Å². The maximum absolute atomic E-state index is 13.6. The Morgan fingerprint density at radius 2 is 1.57 bits per heavy atom. The molecule has 0 aliphatic rings. The molecule has 0 fully saturated rings. The Kier molecular flexibility index (Phi) is 6.22. The molecule has 1 N–H and O–H groups in total. The van der Waals surface area contributed by atoms with Gasteiger partial charge in [0, 0.05) is 23.5 Å². The smallest absolute Gasteiger partial charge is 0.225 e. The van der Waals surface area contributed by atoms with Gasteiger partial charge in [0.2, 0.25) is 5.95 Å². The molecule has 2 aromatic heterocycles. The zero-order valence-electron chi connectivity index (χ0n) is 19.4. The molecule has 0 aliphatic carbocycles. The first-order valence-corrected chi connectivity index (χ1v) is 11.3. The van der Waals surface area contributed by atoms with Crippen LogP contribution in [0.1, 0.15) is 18.5 Å². The van der Waals surface area contributed by atoms with Gasteiger partial charge in [-0.1, -0.05) is 30.3 Å². The second kappa shape index (κ2) is 9.77. The standard InChI is InChI=1S/C28H24FN5O/c1-19(20-6-4-3-5-7-20)31-28-30-17-16-26(33-28)34-18-25(21-10-14-24(35-2)15-11-21)32-27(34)22-8-12-23(29)13-9-22/h3-19H,1-2H3,(H,30,31,33). The molecule has 35 heavy (non-hydrogen) atoms. The highest BCUT2D eigenvalue weighted by molar-refractivity contribution is 5.67. The Balaban J connectivity index is 1.54. The van der Waals surface area contributed by atoms with Crippen LogP contribution in [0.5, 0.6) is 5.75 Å². The van der Waals surface area contributed by atoms with E-state index in [1.807, 2.05) is 59.3 Å². The van der Waals surface area contributed by atoms with Crippen LogP contribution in [-0.4, -0.2) is 26.6 Å². The average Bonchev–Trinajstić information content (AvgIpc) is 3.35. The SMILES string of the molecule is COc1ccc(-c2cn(-c3ccnc(NC(C)c4ccccc4)n3)c(-c3ccc(F)cc3)n2)cc1. The van der Waals surface area contributed by atoms with Gasteiger partial charge < -0.3 is 10.1 Å². The Bertz CT molecular complexity index is 1420. The fourth-order valence-corrected chi connectivity index (χ4v) is 3.83. The van der Waals surface area contributed by atoms with Crippen molar-refractivity contribution in [3.05, 3.63) is 109 Å². The largest absolute Gasteiger partial charge is 0.497 e. The maximum Gasteiger partial charge on any atom is 0.225 e. The van der Waals surface area contributed by atoms with E-state index >= 15 is 0 Å². The van der Waals surface area contributed by atoms with Crippen LogP contribution in [0.3, 0.4) is 0 Å². The monoisotopic (exact) mass is 465 g/mol. The fraction of sp³-hybridized carbons (Fsp3) is 0.107. The Morgan fingerprint density at radius 1 is 0.857 bits per heavy atom. The van der Waals surface area contributed by atoms with Gasteiger partial charge in [-0.3, -0.25) is 4.57 Å². The molecule has 6 nitrogen and oxygen atoms in total. The first kappa shape index (κ1) is 22.3. The molecule has 0 aliphatic heterocycles. The number of anilines is 1. The van der Waals surface area contributed by atoms with Crippen molar-refractivity contribution in [2.24, 2.45) is 0 Å². The highest BCUT2D eigenvalue weighted by Crippen LogP contribution is 2.29. The maximum atomic E-state index is 13.6. The quantitative estimate of drug-likeness (QED) is 0.305. The summed E-state index contributed by atoms with van der Waals surface area (Å²) in [6, 6.07) is 25.9. The molecule has 174 valence electrons. The van der Waals surface area contributed by atoms with Gasteiger partial charge in [0.25, 0.3) is 0 Å². The number of aromatic nitrogens is 4. The van der Waals surface area contributed by atoms with Gasteiger partial charge in [0.15, 0.2) is 0 Å². The minimum absolute atomic E-state index is 0.0284. The molecule has 5 aromatic rings. The van der Waals surface area contributed by atoms with Crippen molar-refractivity contribution in [1.29, 1.82) is 0 Å². The van der Waals surface area contributed by atoms with Gasteiger partial charge in [-0.15, -0.1) is 0 Å². The summed E-state index contributed by atoms with van der Waals surface area (Å²) in [5.41, 5.74) is 3.60. The molecule has 0 saturated carbocycles. The Labute approximate surface area is 203 Å². The van der Waals surface area contributed by atoms with Crippen molar-refractivity contribution >= 4 is 5.95 Å². The number of halogens is 1. The molecule has 5 rings (SSSR count). The van der Waals surface area contributed by atoms with Crippen LogP contribution in [-0.2, 0) is 0 Å². The van der Waals surface area contributed by atoms with Crippen LogP contribution in [0.25, 0.3) is 28.5 Å². The van der Waals surface area contributed by atoms with Gasteiger partial charge in [0.05, 0.1) is 18.8 Å². The summed E-state index contributed by atoms with van der Waals surface area (Å²) in [7, 11) is 1.63. The third-order valence-electron chi connectivity index (χ3n) is 5.73. The number of methoxy groups -OCH3 is 1. The molecule has 3 aromatic carbocycles. The van der Waals surface area contributed by atoms with Crippen LogP contribution in [0.4, 0.5) is 10.3 Å². The second-order valence-electron chi connectivity index (χ2n) is 8.07. The van der Waals surface area contributed by atoms with E-state index < -0.39 is 0 Å². The van der Waals surface area contributed by atoms with Crippen LogP contribution >= 0.6 is 0 Å². The van der Waals surface area contributed by atoms with Gasteiger partial charge in [-0.25, -0.2) is 14.4 Å². The first-order valence-electron chi connectivity index (χ1n) is 11.3. The predicted molar refractivity (Wildman–Crippen MR) is 135 cm³/mol. The molecule has 0 bridgehead atoms. The van der Waals surface area contributed by atoms with E-state index in [0.717, 1.165) is 28.1 Å². The number of nitrogens with one attached hydrogen (secondary N) is 1. The zero-order valence-corrected chi connectivity index (χ0v) is 19.4. The molecule has 1 unspecified atom stereocenters. The van der Waals surface area contributed by atoms with E-state index in [9.17, 15) is 4.39 Å². The minimum Gasteiger partial charge on any atom is -0.497 e. The topological polar surface area (TPSA) is 64.9 Å². The lowest BCUT2D eigenvalue weighted by Crippen LogP contribution is -2.10. The lowest BCUT2D eigenvalue weighted by atomic mass is 10.1. The number of imidazole rings is 1. The molecule has 0 radical (unpaired) electrons. The van der Waals surface area contributed by atoms with Crippen molar-refractivity contribution in [3.8, 4) is 34.2 Å². The van der Waals surface area contributed by atoms with E-state index in [4.69, 9.17) is 14.7 Å².